The number of anilines is 1. The first-order valence-electron chi connectivity index (χ1n) is 6.56. The molecule has 4 nitrogen and oxygen atoms in total. The Hall–Kier alpha value is -1.13. The molecule has 2 heterocycles. The van der Waals surface area contributed by atoms with Gasteiger partial charge in [0.15, 0.2) is 0 Å². The van der Waals surface area contributed by atoms with Gasteiger partial charge in [0.05, 0.1) is 29.7 Å². The Morgan fingerprint density at radius 3 is 2.83 bits per heavy atom. The van der Waals surface area contributed by atoms with Crippen molar-refractivity contribution in [2.75, 3.05) is 5.73 Å². The second kappa shape index (κ2) is 4.86. The van der Waals surface area contributed by atoms with Crippen molar-refractivity contribution in [3.63, 3.8) is 0 Å². The molecule has 1 aromatic heterocycles. The number of nitrogens with zero attached hydrogens (tertiary/aromatic N) is 1. The van der Waals surface area contributed by atoms with Gasteiger partial charge in [0.25, 0.3) is 0 Å². The molecule has 0 unspecified atom stereocenters. The van der Waals surface area contributed by atoms with Gasteiger partial charge >= 0.3 is 0 Å². The van der Waals surface area contributed by atoms with Crippen molar-refractivity contribution in [2.45, 2.75) is 51.4 Å². The van der Waals surface area contributed by atoms with Crippen LogP contribution in [0.15, 0.2) is 18.5 Å². The first-order valence-corrected chi connectivity index (χ1v) is 6.56. The van der Waals surface area contributed by atoms with Crippen molar-refractivity contribution in [1.29, 1.82) is 0 Å². The smallest absolute Gasteiger partial charge is 0.0929 e. The molecule has 2 rings (SSSR count). The summed E-state index contributed by atoms with van der Waals surface area (Å²) in [5.41, 5.74) is 6.83. The normalized spacial score (nSPS) is 36.6. The van der Waals surface area contributed by atoms with Crippen molar-refractivity contribution in [3.05, 3.63) is 24.0 Å². The average molecular weight is 250 g/mol. The Balaban J connectivity index is 2.23. The maximum absolute atomic E-state index is 10.6. The Morgan fingerprint density at radius 1 is 1.56 bits per heavy atom. The fourth-order valence-corrected chi connectivity index (χ4v) is 2.89. The molecule has 3 N–H and O–H groups in total. The number of pyridine rings is 1. The summed E-state index contributed by atoms with van der Waals surface area (Å²) in [6.07, 6.45) is 4.62. The van der Waals surface area contributed by atoms with Crippen molar-refractivity contribution in [3.8, 4) is 0 Å². The highest BCUT2D eigenvalue weighted by Crippen LogP contribution is 2.43. The number of hydrogen-bond acceptors (Lipinski definition) is 4. The van der Waals surface area contributed by atoms with Crippen molar-refractivity contribution < 1.29 is 9.84 Å². The Bertz CT molecular complexity index is 410. The highest BCUT2D eigenvalue weighted by atomic mass is 16.5. The van der Waals surface area contributed by atoms with Crippen LogP contribution in [0.3, 0.4) is 0 Å². The molecule has 0 spiro atoms. The number of rotatable bonds is 2. The highest BCUT2D eigenvalue weighted by Gasteiger charge is 2.45. The molecule has 0 aromatic carbocycles. The molecular formula is C14H22N2O2. The fourth-order valence-electron chi connectivity index (χ4n) is 2.89. The molecule has 0 saturated carbocycles. The van der Waals surface area contributed by atoms with E-state index in [1.54, 1.807) is 12.4 Å². The molecule has 18 heavy (non-hydrogen) atoms. The summed E-state index contributed by atoms with van der Waals surface area (Å²) < 4.78 is 5.97. The van der Waals surface area contributed by atoms with Crippen LogP contribution in [0.25, 0.3) is 0 Å². The van der Waals surface area contributed by atoms with E-state index in [0.29, 0.717) is 12.1 Å². The van der Waals surface area contributed by atoms with Gasteiger partial charge < -0.3 is 15.6 Å². The van der Waals surface area contributed by atoms with Gasteiger partial charge in [-0.25, -0.2) is 0 Å². The second-order valence-electron chi connectivity index (χ2n) is 5.25. The van der Waals surface area contributed by atoms with Gasteiger partial charge in [-0.15, -0.1) is 0 Å². The van der Waals surface area contributed by atoms with E-state index in [2.05, 4.69) is 11.9 Å². The molecular weight excluding hydrogens is 228 g/mol. The minimum absolute atomic E-state index is 0.0511. The maximum atomic E-state index is 10.6. The number of aliphatic hydroxyl groups is 1. The fraction of sp³-hybridized carbons (Fsp3) is 0.643. The lowest BCUT2D eigenvalue weighted by atomic mass is 9.76. The summed E-state index contributed by atoms with van der Waals surface area (Å²) in [6.45, 7) is 6.01. The van der Waals surface area contributed by atoms with Crippen LogP contribution in [0.5, 0.6) is 0 Å². The van der Waals surface area contributed by atoms with Crippen LogP contribution >= 0.6 is 0 Å². The number of nitrogen functional groups attached to an aromatic ring is 1. The Morgan fingerprint density at radius 2 is 2.28 bits per heavy atom. The number of hydrogen-bond donors (Lipinski definition) is 2. The van der Waals surface area contributed by atoms with E-state index in [1.165, 1.54) is 0 Å². The Labute approximate surface area is 108 Å². The predicted molar refractivity (Wildman–Crippen MR) is 71.0 cm³/mol. The molecule has 1 aliphatic rings. The molecule has 4 atom stereocenters. The number of aromatic nitrogens is 1. The van der Waals surface area contributed by atoms with Crippen LogP contribution in [0.2, 0.25) is 0 Å². The van der Waals surface area contributed by atoms with Gasteiger partial charge in [-0.05, 0) is 31.7 Å². The van der Waals surface area contributed by atoms with Crippen LogP contribution in [0.1, 0.15) is 45.3 Å². The van der Waals surface area contributed by atoms with Crippen LogP contribution in [-0.2, 0) is 4.74 Å². The molecule has 0 amide bonds. The van der Waals surface area contributed by atoms with Crippen molar-refractivity contribution >= 4 is 5.69 Å². The lowest BCUT2D eigenvalue weighted by Crippen LogP contribution is -2.51. The second-order valence-corrected chi connectivity index (χ2v) is 5.25. The molecule has 100 valence electrons. The zero-order chi connectivity index (χ0) is 13.3. The van der Waals surface area contributed by atoms with Crippen LogP contribution in [0.4, 0.5) is 5.69 Å². The van der Waals surface area contributed by atoms with Crippen LogP contribution < -0.4 is 5.73 Å². The van der Waals surface area contributed by atoms with Gasteiger partial charge in [-0.3, -0.25) is 4.98 Å². The molecule has 1 fully saturated rings. The molecule has 1 aromatic rings. The van der Waals surface area contributed by atoms with E-state index in [-0.39, 0.29) is 18.1 Å². The Kier molecular flexibility index (Phi) is 3.59. The van der Waals surface area contributed by atoms with Gasteiger partial charge in [-0.2, -0.15) is 0 Å². The molecule has 0 radical (unpaired) electrons. The zero-order valence-corrected chi connectivity index (χ0v) is 11.3. The highest BCUT2D eigenvalue weighted by molar-refractivity contribution is 5.45. The summed E-state index contributed by atoms with van der Waals surface area (Å²) >= 11 is 0. The molecule has 4 heteroatoms. The third-order valence-corrected chi connectivity index (χ3v) is 4.29. The largest absolute Gasteiger partial charge is 0.397 e. The van der Waals surface area contributed by atoms with E-state index in [9.17, 15) is 5.11 Å². The number of ether oxygens (including phenoxy) is 1. The van der Waals surface area contributed by atoms with Gasteiger partial charge in [0.2, 0.25) is 0 Å². The van der Waals surface area contributed by atoms with E-state index in [0.717, 1.165) is 12.0 Å². The summed E-state index contributed by atoms with van der Waals surface area (Å²) in [7, 11) is 0. The third-order valence-electron chi connectivity index (χ3n) is 4.29. The number of nitrogens with two attached hydrogens (primary N) is 1. The predicted octanol–water partition coefficient (Wildman–Crippen LogP) is 2.29. The summed E-state index contributed by atoms with van der Waals surface area (Å²) in [4.78, 5) is 3.99. The summed E-state index contributed by atoms with van der Waals surface area (Å²) in [5, 5.41) is 10.6. The van der Waals surface area contributed by atoms with Crippen LogP contribution in [-0.4, -0.2) is 21.8 Å². The van der Waals surface area contributed by atoms with Crippen LogP contribution in [0, 0.1) is 5.92 Å². The maximum Gasteiger partial charge on any atom is 0.0929 e. The topological polar surface area (TPSA) is 68.4 Å². The monoisotopic (exact) mass is 250 g/mol. The first-order chi connectivity index (χ1) is 8.49. The SMILES string of the molecule is CC[C@]1(O)[C@H](C)C[C@H](c2ccncc2N)O[C@@H]1C. The van der Waals surface area contributed by atoms with Gasteiger partial charge in [-0.1, -0.05) is 13.8 Å². The van der Waals surface area contributed by atoms with E-state index < -0.39 is 5.60 Å². The van der Waals surface area contributed by atoms with Crippen molar-refractivity contribution in [1.82, 2.24) is 4.98 Å². The lowest BCUT2D eigenvalue weighted by molar-refractivity contribution is -0.198. The summed E-state index contributed by atoms with van der Waals surface area (Å²) in [6, 6.07) is 1.90. The van der Waals surface area contributed by atoms with E-state index >= 15 is 0 Å². The zero-order valence-electron chi connectivity index (χ0n) is 11.3. The van der Waals surface area contributed by atoms with E-state index in [1.807, 2.05) is 19.9 Å². The molecule has 1 saturated heterocycles. The van der Waals surface area contributed by atoms with Gasteiger partial charge in [0, 0.05) is 11.8 Å². The molecule has 0 bridgehead atoms. The molecule has 1 aliphatic heterocycles. The minimum Gasteiger partial charge on any atom is -0.397 e. The van der Waals surface area contributed by atoms with Gasteiger partial charge in [0.1, 0.15) is 0 Å². The molecule has 0 aliphatic carbocycles. The minimum atomic E-state index is -0.738. The van der Waals surface area contributed by atoms with Crippen molar-refractivity contribution in [2.24, 2.45) is 5.92 Å². The first kappa shape index (κ1) is 13.3. The third kappa shape index (κ3) is 2.10. The summed E-state index contributed by atoms with van der Waals surface area (Å²) in [5.74, 6) is 0.184. The van der Waals surface area contributed by atoms with E-state index in [4.69, 9.17) is 10.5 Å². The lowest BCUT2D eigenvalue weighted by Gasteiger charge is -2.46. The average Bonchev–Trinajstić information content (AvgIpc) is 2.36. The standard InChI is InChI=1S/C14H22N2O2/c1-4-14(17)9(2)7-13(18-10(14)3)11-5-6-16-8-12(11)15/h5-6,8-10,13,17H,4,7,15H2,1-3H3/t9-,10-,13-,14+/m1/s1. The quantitative estimate of drug-likeness (QED) is 0.845.